The molecule has 0 aromatic carbocycles. The minimum absolute atomic E-state index is 0.533. The Kier molecular flexibility index (Phi) is 8.15. The van der Waals surface area contributed by atoms with E-state index in [4.69, 9.17) is 0 Å². The molecule has 1 aliphatic carbocycles. The summed E-state index contributed by atoms with van der Waals surface area (Å²) in [7, 11) is 0. The lowest BCUT2D eigenvalue weighted by molar-refractivity contribution is 0.192. The molecule has 1 saturated carbocycles. The first kappa shape index (κ1) is 21.0. The Labute approximate surface area is 148 Å². The molecule has 7 atom stereocenters. The maximum absolute atomic E-state index is 2.54. The predicted molar refractivity (Wildman–Crippen MR) is 106 cm³/mol. The van der Waals surface area contributed by atoms with Crippen LogP contribution in [0.3, 0.4) is 0 Å². The van der Waals surface area contributed by atoms with Gasteiger partial charge in [-0.3, -0.25) is 0 Å². The van der Waals surface area contributed by atoms with E-state index in [9.17, 15) is 0 Å². The zero-order chi connectivity index (χ0) is 17.8. The Balaban J connectivity index is 2.42. The molecular formula is C23H46. The third-order valence-electron chi connectivity index (χ3n) is 7.47. The standard InChI is InChI=1S/C23H46/c1-10-12-23(8,9)15-18(5)20(7)22-14-21(22)13-17(4)19(6)16(3)11-2/h16-22H,10-15H2,1-9H3. The minimum atomic E-state index is 0.533. The van der Waals surface area contributed by atoms with Gasteiger partial charge in [0.25, 0.3) is 0 Å². The topological polar surface area (TPSA) is 0 Å². The Hall–Kier alpha value is 0. The molecule has 1 aliphatic rings. The van der Waals surface area contributed by atoms with E-state index >= 15 is 0 Å². The van der Waals surface area contributed by atoms with Crippen LogP contribution in [-0.2, 0) is 0 Å². The molecule has 0 heterocycles. The highest BCUT2D eigenvalue weighted by Crippen LogP contribution is 2.52. The van der Waals surface area contributed by atoms with Crippen molar-refractivity contribution in [3.63, 3.8) is 0 Å². The third kappa shape index (κ3) is 6.43. The summed E-state index contributed by atoms with van der Waals surface area (Å²) in [6.07, 6.45) is 8.43. The largest absolute Gasteiger partial charge is 0.0654 e. The number of hydrogen-bond acceptors (Lipinski definition) is 0. The zero-order valence-corrected chi connectivity index (χ0v) is 17.8. The molecule has 0 aromatic rings. The van der Waals surface area contributed by atoms with Gasteiger partial charge in [-0.2, -0.15) is 0 Å². The molecule has 0 bridgehead atoms. The van der Waals surface area contributed by atoms with Gasteiger partial charge in [-0.1, -0.05) is 75.2 Å². The Morgan fingerprint density at radius 1 is 0.913 bits per heavy atom. The van der Waals surface area contributed by atoms with Crippen molar-refractivity contribution in [1.82, 2.24) is 0 Å². The van der Waals surface area contributed by atoms with Crippen LogP contribution in [0.15, 0.2) is 0 Å². The van der Waals surface area contributed by atoms with Gasteiger partial charge in [0, 0.05) is 0 Å². The van der Waals surface area contributed by atoms with E-state index in [2.05, 4.69) is 62.3 Å². The van der Waals surface area contributed by atoms with Crippen molar-refractivity contribution in [2.24, 2.45) is 46.8 Å². The van der Waals surface area contributed by atoms with Crippen LogP contribution in [0.5, 0.6) is 0 Å². The molecule has 0 aliphatic heterocycles. The fourth-order valence-corrected chi connectivity index (χ4v) is 5.07. The molecule has 1 fully saturated rings. The first-order valence-electron chi connectivity index (χ1n) is 10.6. The molecule has 138 valence electrons. The van der Waals surface area contributed by atoms with E-state index in [1.807, 2.05) is 0 Å². The van der Waals surface area contributed by atoms with Gasteiger partial charge in [0.1, 0.15) is 0 Å². The SMILES string of the molecule is CCCC(C)(C)CC(C)C(C)C1CC1CC(C)C(C)C(C)CC. The van der Waals surface area contributed by atoms with Gasteiger partial charge in [-0.15, -0.1) is 0 Å². The van der Waals surface area contributed by atoms with E-state index in [1.165, 1.54) is 38.5 Å². The van der Waals surface area contributed by atoms with Crippen LogP contribution in [0, 0.1) is 46.8 Å². The summed E-state index contributed by atoms with van der Waals surface area (Å²) in [4.78, 5) is 0. The minimum Gasteiger partial charge on any atom is -0.0654 e. The van der Waals surface area contributed by atoms with Gasteiger partial charge in [-0.05, 0) is 72.5 Å². The maximum atomic E-state index is 2.54. The van der Waals surface area contributed by atoms with Gasteiger partial charge in [0.05, 0.1) is 0 Å². The van der Waals surface area contributed by atoms with Crippen molar-refractivity contribution >= 4 is 0 Å². The van der Waals surface area contributed by atoms with E-state index in [0.717, 1.165) is 41.4 Å². The highest BCUT2D eigenvalue weighted by molar-refractivity contribution is 4.93. The molecule has 0 nitrogen and oxygen atoms in total. The zero-order valence-electron chi connectivity index (χ0n) is 17.8. The van der Waals surface area contributed by atoms with E-state index in [-0.39, 0.29) is 0 Å². The lowest BCUT2D eigenvalue weighted by atomic mass is 9.74. The maximum Gasteiger partial charge on any atom is -0.0352 e. The van der Waals surface area contributed by atoms with Crippen LogP contribution in [0.1, 0.15) is 101 Å². The molecular weight excluding hydrogens is 276 g/mol. The summed E-state index contributed by atoms with van der Waals surface area (Å²) < 4.78 is 0. The first-order chi connectivity index (χ1) is 10.6. The smallest absolute Gasteiger partial charge is 0.0352 e. The van der Waals surface area contributed by atoms with Crippen molar-refractivity contribution in [2.75, 3.05) is 0 Å². The van der Waals surface area contributed by atoms with Crippen LogP contribution >= 0.6 is 0 Å². The molecule has 0 spiro atoms. The van der Waals surface area contributed by atoms with Gasteiger partial charge < -0.3 is 0 Å². The molecule has 1 rings (SSSR count). The van der Waals surface area contributed by atoms with Crippen molar-refractivity contribution in [1.29, 1.82) is 0 Å². The molecule has 0 radical (unpaired) electrons. The summed E-state index contributed by atoms with van der Waals surface area (Å²) in [5, 5.41) is 0. The van der Waals surface area contributed by atoms with Crippen molar-refractivity contribution < 1.29 is 0 Å². The van der Waals surface area contributed by atoms with Crippen molar-refractivity contribution in [3.8, 4) is 0 Å². The van der Waals surface area contributed by atoms with E-state index in [1.54, 1.807) is 0 Å². The van der Waals surface area contributed by atoms with Crippen LogP contribution in [0.4, 0.5) is 0 Å². The van der Waals surface area contributed by atoms with Gasteiger partial charge in [0.15, 0.2) is 0 Å². The van der Waals surface area contributed by atoms with Crippen molar-refractivity contribution in [2.45, 2.75) is 101 Å². The number of rotatable bonds is 11. The summed E-state index contributed by atoms with van der Waals surface area (Å²) in [5.74, 6) is 6.53. The molecule has 0 aromatic heterocycles. The van der Waals surface area contributed by atoms with Gasteiger partial charge in [-0.25, -0.2) is 0 Å². The average molecular weight is 323 g/mol. The first-order valence-corrected chi connectivity index (χ1v) is 10.6. The quantitative estimate of drug-likeness (QED) is 0.363. The summed E-state index contributed by atoms with van der Waals surface area (Å²) in [5.41, 5.74) is 0.533. The predicted octanol–water partition coefficient (Wildman–Crippen LogP) is 7.82. The van der Waals surface area contributed by atoms with Crippen molar-refractivity contribution in [3.05, 3.63) is 0 Å². The molecule has 0 N–H and O–H groups in total. The van der Waals surface area contributed by atoms with E-state index < -0.39 is 0 Å². The average Bonchev–Trinajstić information content (AvgIpc) is 3.22. The lowest BCUT2D eigenvalue weighted by Crippen LogP contribution is -2.21. The van der Waals surface area contributed by atoms with Gasteiger partial charge >= 0.3 is 0 Å². The fourth-order valence-electron chi connectivity index (χ4n) is 5.07. The second-order valence-corrected chi connectivity index (χ2v) is 10.1. The molecule has 7 unspecified atom stereocenters. The summed E-state index contributed by atoms with van der Waals surface area (Å²) in [6, 6.07) is 0. The second kappa shape index (κ2) is 8.91. The lowest BCUT2D eigenvalue weighted by Gasteiger charge is -2.31. The summed E-state index contributed by atoms with van der Waals surface area (Å²) >= 11 is 0. The van der Waals surface area contributed by atoms with Crippen LogP contribution in [0.2, 0.25) is 0 Å². The number of hydrogen-bond donors (Lipinski definition) is 0. The normalized spacial score (nSPS) is 28.0. The highest BCUT2D eigenvalue weighted by atomic mass is 14.5. The Morgan fingerprint density at radius 2 is 1.52 bits per heavy atom. The molecule has 23 heavy (non-hydrogen) atoms. The fraction of sp³-hybridized carbons (Fsp3) is 1.00. The second-order valence-electron chi connectivity index (χ2n) is 10.1. The molecule has 0 heteroatoms. The third-order valence-corrected chi connectivity index (χ3v) is 7.47. The van der Waals surface area contributed by atoms with E-state index in [0.29, 0.717) is 5.41 Å². The summed E-state index contributed by atoms with van der Waals surface area (Å²) in [6.45, 7) is 22.1. The van der Waals surface area contributed by atoms with Gasteiger partial charge in [0.2, 0.25) is 0 Å². The Morgan fingerprint density at radius 3 is 2.04 bits per heavy atom. The monoisotopic (exact) mass is 322 g/mol. The molecule has 0 amide bonds. The van der Waals surface area contributed by atoms with Crippen LogP contribution in [0.25, 0.3) is 0 Å². The molecule has 0 saturated heterocycles. The van der Waals surface area contributed by atoms with Crippen LogP contribution < -0.4 is 0 Å². The van der Waals surface area contributed by atoms with Crippen LogP contribution in [-0.4, -0.2) is 0 Å². The highest BCUT2D eigenvalue weighted by Gasteiger charge is 2.44. The Bertz CT molecular complexity index is 329.